The van der Waals surface area contributed by atoms with Crippen LogP contribution < -0.4 is 5.32 Å². The lowest BCUT2D eigenvalue weighted by molar-refractivity contribution is 0.914. The number of aromatic nitrogens is 4. The van der Waals surface area contributed by atoms with E-state index in [0.717, 1.165) is 41.4 Å². The maximum Gasteiger partial charge on any atom is 0.137 e. The Balaban J connectivity index is 1.51. The van der Waals surface area contributed by atoms with Crippen LogP contribution in [0.1, 0.15) is 16.8 Å². The second-order valence-corrected chi connectivity index (χ2v) is 6.80. The summed E-state index contributed by atoms with van der Waals surface area (Å²) in [6.07, 6.45) is 7.45. The van der Waals surface area contributed by atoms with E-state index in [9.17, 15) is 0 Å². The third-order valence-electron chi connectivity index (χ3n) is 4.98. The normalized spacial score (nSPS) is 12.3. The molecule has 0 saturated carbocycles. The highest BCUT2D eigenvalue weighted by molar-refractivity contribution is 5.75. The summed E-state index contributed by atoms with van der Waals surface area (Å²) in [7, 11) is 0. The average molecular weight is 353 g/mol. The molecule has 1 aliphatic carbocycles. The number of aryl methyl sites for hydroxylation is 2. The highest BCUT2D eigenvalue weighted by Gasteiger charge is 2.20. The van der Waals surface area contributed by atoms with E-state index >= 15 is 0 Å². The number of fused-ring (bicyclic) bond motifs is 3. The summed E-state index contributed by atoms with van der Waals surface area (Å²) in [6, 6.07) is 16.8. The molecular weight excluding hydrogens is 334 g/mol. The number of hydrogen-bond donors (Lipinski definition) is 1. The van der Waals surface area contributed by atoms with Crippen molar-refractivity contribution in [1.82, 2.24) is 19.5 Å². The lowest BCUT2D eigenvalue weighted by Gasteiger charge is -2.21. The van der Waals surface area contributed by atoms with E-state index in [4.69, 9.17) is 0 Å². The van der Waals surface area contributed by atoms with Crippen LogP contribution in [0.5, 0.6) is 0 Å². The van der Waals surface area contributed by atoms with Crippen LogP contribution >= 0.6 is 0 Å². The number of benzene rings is 2. The molecule has 5 rings (SSSR count). The largest absolute Gasteiger partial charge is 0.340 e. The fraction of sp³-hybridized carbons (Fsp3) is 0.136. The molecule has 0 fully saturated rings. The minimum Gasteiger partial charge on any atom is -0.340 e. The molecule has 132 valence electrons. The molecule has 5 nitrogen and oxygen atoms in total. The zero-order chi connectivity index (χ0) is 18.2. The lowest BCUT2D eigenvalue weighted by atomic mass is 9.89. The van der Waals surface area contributed by atoms with Crippen LogP contribution in [0.25, 0.3) is 16.9 Å². The molecule has 2 aromatic carbocycles. The highest BCUT2D eigenvalue weighted by atomic mass is 15.1. The van der Waals surface area contributed by atoms with Gasteiger partial charge in [-0.15, -0.1) is 0 Å². The summed E-state index contributed by atoms with van der Waals surface area (Å²) in [5.74, 6) is 0.883. The molecule has 0 bridgehead atoms. The molecule has 0 amide bonds. The second-order valence-electron chi connectivity index (χ2n) is 6.80. The van der Waals surface area contributed by atoms with Crippen molar-refractivity contribution in [2.75, 3.05) is 5.32 Å². The fourth-order valence-electron chi connectivity index (χ4n) is 3.66. The quantitative estimate of drug-likeness (QED) is 0.590. The van der Waals surface area contributed by atoms with E-state index in [0.29, 0.717) is 0 Å². The number of anilines is 2. The lowest BCUT2D eigenvalue weighted by Crippen LogP contribution is -2.10. The van der Waals surface area contributed by atoms with Crippen LogP contribution in [-0.2, 0) is 12.8 Å². The second kappa shape index (κ2) is 6.36. The number of nitrogens with zero attached hydrogens (tertiary/aromatic N) is 4. The van der Waals surface area contributed by atoms with Crippen molar-refractivity contribution < 1.29 is 0 Å². The van der Waals surface area contributed by atoms with E-state index in [1.165, 1.54) is 16.7 Å². The first kappa shape index (κ1) is 15.8. The van der Waals surface area contributed by atoms with Gasteiger partial charge >= 0.3 is 0 Å². The predicted molar refractivity (Wildman–Crippen MR) is 106 cm³/mol. The van der Waals surface area contributed by atoms with E-state index in [1.54, 1.807) is 6.33 Å². The maximum atomic E-state index is 4.57. The van der Waals surface area contributed by atoms with Crippen LogP contribution in [0, 0.1) is 6.92 Å². The molecule has 0 unspecified atom stereocenters. The third-order valence-corrected chi connectivity index (χ3v) is 4.98. The molecule has 1 N–H and O–H groups in total. The van der Waals surface area contributed by atoms with Crippen LogP contribution in [0.3, 0.4) is 0 Å². The molecule has 2 heterocycles. The maximum absolute atomic E-state index is 4.57. The molecule has 5 heteroatoms. The van der Waals surface area contributed by atoms with Crippen molar-refractivity contribution >= 4 is 11.5 Å². The zero-order valence-electron chi connectivity index (χ0n) is 15.1. The summed E-state index contributed by atoms with van der Waals surface area (Å²) in [5.41, 5.74) is 7.85. The third kappa shape index (κ3) is 2.87. The first-order valence-electron chi connectivity index (χ1n) is 9.08. The Kier molecular flexibility index (Phi) is 3.71. The van der Waals surface area contributed by atoms with Crippen LogP contribution in [0.4, 0.5) is 11.5 Å². The zero-order valence-corrected chi connectivity index (χ0v) is 15.1. The Hall–Kier alpha value is -3.47. The molecule has 0 spiro atoms. The molecular formula is C22H19N5. The minimum absolute atomic E-state index is 0.883. The van der Waals surface area contributed by atoms with Gasteiger partial charge in [-0.2, -0.15) is 0 Å². The smallest absolute Gasteiger partial charge is 0.137 e. The Morgan fingerprint density at radius 3 is 2.78 bits per heavy atom. The fourth-order valence-corrected chi connectivity index (χ4v) is 3.66. The van der Waals surface area contributed by atoms with E-state index in [2.05, 4.69) is 62.7 Å². The Morgan fingerprint density at radius 2 is 1.89 bits per heavy atom. The Bertz CT molecular complexity index is 1130. The van der Waals surface area contributed by atoms with Crippen molar-refractivity contribution in [3.63, 3.8) is 0 Å². The van der Waals surface area contributed by atoms with Crippen molar-refractivity contribution in [3.05, 3.63) is 84.2 Å². The van der Waals surface area contributed by atoms with E-state index in [1.807, 2.05) is 30.1 Å². The van der Waals surface area contributed by atoms with Gasteiger partial charge in [0.05, 0.1) is 17.7 Å². The van der Waals surface area contributed by atoms with Gasteiger partial charge < -0.3 is 9.88 Å². The van der Waals surface area contributed by atoms with Gasteiger partial charge in [-0.25, -0.2) is 15.0 Å². The molecule has 4 aromatic rings. The number of rotatable bonds is 3. The number of imidazole rings is 1. The Morgan fingerprint density at radius 1 is 0.963 bits per heavy atom. The van der Waals surface area contributed by atoms with Crippen molar-refractivity contribution in [1.29, 1.82) is 0 Å². The van der Waals surface area contributed by atoms with Crippen molar-refractivity contribution in [2.24, 2.45) is 0 Å². The van der Waals surface area contributed by atoms with Gasteiger partial charge in [-0.1, -0.05) is 30.3 Å². The van der Waals surface area contributed by atoms with Gasteiger partial charge in [0.25, 0.3) is 0 Å². The molecule has 0 atom stereocenters. The molecule has 0 saturated heterocycles. The van der Waals surface area contributed by atoms with E-state index < -0.39 is 0 Å². The first-order valence-corrected chi connectivity index (χ1v) is 9.08. The van der Waals surface area contributed by atoms with Gasteiger partial charge in [0.2, 0.25) is 0 Å². The summed E-state index contributed by atoms with van der Waals surface area (Å²) >= 11 is 0. The van der Waals surface area contributed by atoms with Gasteiger partial charge in [-0.3, -0.25) is 0 Å². The SMILES string of the molecule is Cc1cn(-c2cccc(Nc3ncnc4c3CCc3ccccc3-4)c2)cn1. The summed E-state index contributed by atoms with van der Waals surface area (Å²) in [6.45, 7) is 1.99. The van der Waals surface area contributed by atoms with Gasteiger partial charge in [0, 0.05) is 28.7 Å². The molecule has 1 aliphatic rings. The van der Waals surface area contributed by atoms with Gasteiger partial charge in [0.1, 0.15) is 12.1 Å². The average Bonchev–Trinajstić information content (AvgIpc) is 3.15. The standard InChI is InChI=1S/C22H19N5/c1-15-12-27(14-25-15)18-7-4-6-17(11-18)26-22-20-10-9-16-5-2-3-8-19(16)21(20)23-13-24-22/h2-8,11-14H,9-10H2,1H3,(H,23,24,26). The molecule has 2 aromatic heterocycles. The summed E-state index contributed by atoms with van der Waals surface area (Å²) in [4.78, 5) is 13.4. The topological polar surface area (TPSA) is 55.6 Å². The van der Waals surface area contributed by atoms with Crippen molar-refractivity contribution in [3.8, 4) is 16.9 Å². The van der Waals surface area contributed by atoms with Gasteiger partial charge in [0.15, 0.2) is 0 Å². The summed E-state index contributed by atoms with van der Waals surface area (Å²) in [5, 5.41) is 3.49. The first-order chi connectivity index (χ1) is 13.3. The monoisotopic (exact) mass is 353 g/mol. The van der Waals surface area contributed by atoms with Crippen LogP contribution in [0.15, 0.2) is 67.4 Å². The molecule has 0 radical (unpaired) electrons. The van der Waals surface area contributed by atoms with Crippen LogP contribution in [0.2, 0.25) is 0 Å². The van der Waals surface area contributed by atoms with E-state index in [-0.39, 0.29) is 0 Å². The summed E-state index contributed by atoms with van der Waals surface area (Å²) < 4.78 is 2.02. The highest BCUT2D eigenvalue weighted by Crippen LogP contribution is 2.35. The number of nitrogens with one attached hydrogen (secondary N) is 1. The molecule has 27 heavy (non-hydrogen) atoms. The van der Waals surface area contributed by atoms with Crippen LogP contribution in [-0.4, -0.2) is 19.5 Å². The van der Waals surface area contributed by atoms with Gasteiger partial charge in [-0.05, 0) is 43.5 Å². The number of hydrogen-bond acceptors (Lipinski definition) is 4. The predicted octanol–water partition coefficient (Wildman–Crippen LogP) is 4.48. The molecule has 0 aliphatic heterocycles. The van der Waals surface area contributed by atoms with Crippen molar-refractivity contribution in [2.45, 2.75) is 19.8 Å². The Labute approximate surface area is 157 Å². The minimum atomic E-state index is 0.883.